The molecule has 0 aliphatic heterocycles. The number of likely N-dealkylation sites (N-methyl/N-ethyl adjacent to an activating group) is 2. The highest BCUT2D eigenvalue weighted by molar-refractivity contribution is 6.09. The molecular weight excluding hydrogens is 248 g/mol. The Bertz CT molecular complexity index is 475. The van der Waals surface area contributed by atoms with Crippen LogP contribution in [-0.2, 0) is 0 Å². The van der Waals surface area contributed by atoms with E-state index in [0.29, 0.717) is 0 Å². The Kier molecular flexibility index (Phi) is 6.67. The molecule has 0 N–H and O–H groups in total. The van der Waals surface area contributed by atoms with E-state index in [9.17, 15) is 0 Å². The van der Waals surface area contributed by atoms with Gasteiger partial charge in [0.2, 0.25) is 0 Å². The van der Waals surface area contributed by atoms with E-state index >= 15 is 0 Å². The molecule has 1 aromatic heterocycles. The van der Waals surface area contributed by atoms with E-state index in [1.165, 1.54) is 0 Å². The van der Waals surface area contributed by atoms with Crippen LogP contribution in [-0.4, -0.2) is 55.2 Å². The van der Waals surface area contributed by atoms with Gasteiger partial charge in [-0.15, -0.1) is 0 Å². The molecule has 0 amide bonds. The molecule has 1 heterocycles. The Morgan fingerprint density at radius 3 is 2.60 bits per heavy atom. The van der Waals surface area contributed by atoms with Crippen molar-refractivity contribution in [2.24, 2.45) is 4.99 Å². The molecular formula is C16H24N4. The first kappa shape index (κ1) is 16.1. The zero-order chi connectivity index (χ0) is 15.0. The lowest BCUT2D eigenvalue weighted by atomic mass is 10.2. The van der Waals surface area contributed by atoms with Crippen LogP contribution in [0, 0.1) is 0 Å². The Morgan fingerprint density at radius 1 is 1.30 bits per heavy atom. The number of pyridine rings is 1. The van der Waals surface area contributed by atoms with Gasteiger partial charge in [0, 0.05) is 38.1 Å². The molecule has 4 nitrogen and oxygen atoms in total. The van der Waals surface area contributed by atoms with E-state index in [-0.39, 0.29) is 0 Å². The van der Waals surface area contributed by atoms with E-state index in [4.69, 9.17) is 0 Å². The standard InChI is InChI=1S/C16H24N4/c1-6-15(16-9-7-8-10-17-16)13-18-14(2)20(5)12-11-19(3)4/h6-10,13H,2,11-12H2,1,3-5H3/b15-6+,18-13-. The van der Waals surface area contributed by atoms with Crippen molar-refractivity contribution in [2.75, 3.05) is 34.2 Å². The van der Waals surface area contributed by atoms with Crippen LogP contribution < -0.4 is 0 Å². The zero-order valence-electron chi connectivity index (χ0n) is 12.9. The van der Waals surface area contributed by atoms with Gasteiger partial charge in [0.1, 0.15) is 5.82 Å². The molecule has 1 aromatic rings. The molecule has 20 heavy (non-hydrogen) atoms. The van der Waals surface area contributed by atoms with Gasteiger partial charge in [-0.3, -0.25) is 4.98 Å². The second-order valence-electron chi connectivity index (χ2n) is 4.86. The van der Waals surface area contributed by atoms with Crippen LogP contribution in [0.25, 0.3) is 5.57 Å². The second-order valence-corrected chi connectivity index (χ2v) is 4.86. The predicted molar refractivity (Wildman–Crippen MR) is 86.7 cm³/mol. The minimum atomic E-state index is 0.752. The number of nitrogens with zero attached hydrogens (tertiary/aromatic N) is 4. The van der Waals surface area contributed by atoms with Crippen molar-refractivity contribution >= 4 is 11.8 Å². The quantitative estimate of drug-likeness (QED) is 0.715. The lowest BCUT2D eigenvalue weighted by Gasteiger charge is -2.20. The third-order valence-corrected chi connectivity index (χ3v) is 2.95. The molecule has 0 saturated carbocycles. The van der Waals surface area contributed by atoms with Crippen LogP contribution in [0.2, 0.25) is 0 Å². The van der Waals surface area contributed by atoms with Crippen LogP contribution in [0.1, 0.15) is 12.6 Å². The highest BCUT2D eigenvalue weighted by Crippen LogP contribution is 2.09. The first-order valence-corrected chi connectivity index (χ1v) is 6.71. The SMILES string of the molecule is C=C(/N=C\C(=C/C)c1ccccn1)N(C)CCN(C)C. The van der Waals surface area contributed by atoms with Crippen LogP contribution >= 0.6 is 0 Å². The molecule has 0 aliphatic carbocycles. The number of allylic oxidation sites excluding steroid dienone is 2. The van der Waals surface area contributed by atoms with Crippen molar-refractivity contribution in [3.8, 4) is 0 Å². The van der Waals surface area contributed by atoms with E-state index in [1.807, 2.05) is 49.4 Å². The average molecular weight is 272 g/mol. The zero-order valence-corrected chi connectivity index (χ0v) is 12.9. The second kappa shape index (κ2) is 8.27. The normalized spacial score (nSPS) is 12.2. The van der Waals surface area contributed by atoms with Gasteiger partial charge in [-0.1, -0.05) is 18.7 Å². The Labute approximate surface area is 122 Å². The van der Waals surface area contributed by atoms with Gasteiger partial charge in [0.15, 0.2) is 0 Å². The maximum absolute atomic E-state index is 4.43. The molecule has 0 aliphatic rings. The van der Waals surface area contributed by atoms with Crippen molar-refractivity contribution in [1.82, 2.24) is 14.8 Å². The van der Waals surface area contributed by atoms with Gasteiger partial charge >= 0.3 is 0 Å². The minimum Gasteiger partial charge on any atom is -0.359 e. The van der Waals surface area contributed by atoms with Gasteiger partial charge in [-0.2, -0.15) is 0 Å². The summed E-state index contributed by atoms with van der Waals surface area (Å²) in [5.41, 5.74) is 1.91. The van der Waals surface area contributed by atoms with Crippen LogP contribution in [0.4, 0.5) is 0 Å². The molecule has 0 saturated heterocycles. The molecule has 0 radical (unpaired) electrons. The minimum absolute atomic E-state index is 0.752. The fraction of sp³-hybridized carbons (Fsp3) is 0.375. The summed E-state index contributed by atoms with van der Waals surface area (Å²) in [4.78, 5) is 12.9. The van der Waals surface area contributed by atoms with Crippen LogP contribution in [0.3, 0.4) is 0 Å². The monoisotopic (exact) mass is 272 g/mol. The number of hydrogen-bond donors (Lipinski definition) is 0. The number of hydrogen-bond acceptors (Lipinski definition) is 4. The number of rotatable bonds is 7. The maximum atomic E-state index is 4.43. The predicted octanol–water partition coefficient (Wildman–Crippen LogP) is 2.52. The summed E-state index contributed by atoms with van der Waals surface area (Å²) in [7, 11) is 6.11. The summed E-state index contributed by atoms with van der Waals surface area (Å²) in [6.45, 7) is 7.85. The molecule has 0 bridgehead atoms. The third kappa shape index (κ3) is 5.36. The van der Waals surface area contributed by atoms with Crippen LogP contribution in [0.15, 0.2) is 47.9 Å². The summed E-state index contributed by atoms with van der Waals surface area (Å²) >= 11 is 0. The summed E-state index contributed by atoms with van der Waals surface area (Å²) in [6, 6.07) is 5.85. The fourth-order valence-electron chi connectivity index (χ4n) is 1.54. The van der Waals surface area contributed by atoms with Crippen LogP contribution in [0.5, 0.6) is 0 Å². The third-order valence-electron chi connectivity index (χ3n) is 2.95. The van der Waals surface area contributed by atoms with Gasteiger partial charge in [0.25, 0.3) is 0 Å². The largest absolute Gasteiger partial charge is 0.359 e. The molecule has 0 unspecified atom stereocenters. The Morgan fingerprint density at radius 2 is 2.05 bits per heavy atom. The first-order valence-electron chi connectivity index (χ1n) is 6.71. The summed E-state index contributed by atoms with van der Waals surface area (Å²) < 4.78 is 0. The fourth-order valence-corrected chi connectivity index (χ4v) is 1.54. The first-order chi connectivity index (χ1) is 9.54. The average Bonchev–Trinajstić information content (AvgIpc) is 2.46. The summed E-state index contributed by atoms with van der Waals surface area (Å²) in [6.07, 6.45) is 5.60. The number of aliphatic imine (C=N–C) groups is 1. The lowest BCUT2D eigenvalue weighted by molar-refractivity contribution is 0.325. The summed E-state index contributed by atoms with van der Waals surface area (Å²) in [5, 5.41) is 0. The van der Waals surface area contributed by atoms with Gasteiger partial charge in [-0.25, -0.2) is 4.99 Å². The van der Waals surface area contributed by atoms with Gasteiger partial charge < -0.3 is 9.80 Å². The van der Waals surface area contributed by atoms with Crippen molar-refractivity contribution < 1.29 is 0 Å². The van der Waals surface area contributed by atoms with E-state index < -0.39 is 0 Å². The molecule has 0 atom stereocenters. The lowest BCUT2D eigenvalue weighted by Crippen LogP contribution is -2.27. The Balaban J connectivity index is 2.64. The highest BCUT2D eigenvalue weighted by atomic mass is 15.2. The molecule has 4 heteroatoms. The molecule has 0 fully saturated rings. The van der Waals surface area contributed by atoms with Gasteiger partial charge in [-0.05, 0) is 33.2 Å². The Hall–Kier alpha value is -1.94. The molecule has 108 valence electrons. The van der Waals surface area contributed by atoms with Crippen molar-refractivity contribution in [2.45, 2.75) is 6.92 Å². The van der Waals surface area contributed by atoms with E-state index in [0.717, 1.165) is 30.2 Å². The van der Waals surface area contributed by atoms with E-state index in [2.05, 4.69) is 35.6 Å². The number of aromatic nitrogens is 1. The smallest absolute Gasteiger partial charge is 0.120 e. The van der Waals surface area contributed by atoms with E-state index in [1.54, 1.807) is 6.20 Å². The molecule has 0 spiro atoms. The van der Waals surface area contributed by atoms with Crippen molar-refractivity contribution in [3.05, 3.63) is 48.6 Å². The van der Waals surface area contributed by atoms with Crippen molar-refractivity contribution in [3.63, 3.8) is 0 Å². The van der Waals surface area contributed by atoms with Gasteiger partial charge in [0.05, 0.1) is 5.69 Å². The highest BCUT2D eigenvalue weighted by Gasteiger charge is 2.02. The van der Waals surface area contributed by atoms with Crippen molar-refractivity contribution in [1.29, 1.82) is 0 Å². The maximum Gasteiger partial charge on any atom is 0.120 e. The molecule has 0 aromatic carbocycles. The summed E-state index contributed by atoms with van der Waals surface area (Å²) in [5.74, 6) is 0.752. The topological polar surface area (TPSA) is 31.7 Å². The molecule has 1 rings (SSSR count).